The summed E-state index contributed by atoms with van der Waals surface area (Å²) in [6.07, 6.45) is 3.86. The smallest absolute Gasteiger partial charge is 0.0129 e. The quantitative estimate of drug-likeness (QED) is 0.654. The number of nitrogens with zero attached hydrogens (tertiary/aromatic N) is 1. The van der Waals surface area contributed by atoms with E-state index in [0.717, 1.165) is 18.5 Å². The zero-order valence-corrected chi connectivity index (χ0v) is 9.93. The second-order valence-electron chi connectivity index (χ2n) is 4.05. The van der Waals surface area contributed by atoms with Gasteiger partial charge in [0.05, 0.1) is 0 Å². The van der Waals surface area contributed by atoms with Gasteiger partial charge in [0.15, 0.2) is 0 Å². The molecule has 0 amide bonds. The molecule has 0 radical (unpaired) electrons. The van der Waals surface area contributed by atoms with Gasteiger partial charge in [0, 0.05) is 6.04 Å². The van der Waals surface area contributed by atoms with Crippen LogP contribution in [-0.2, 0) is 0 Å². The molecule has 0 saturated carbocycles. The number of nitrogens with one attached hydrogen (secondary N) is 1. The Morgan fingerprint density at radius 2 is 1.85 bits per heavy atom. The Balaban J connectivity index is 4.11. The third-order valence-corrected chi connectivity index (χ3v) is 2.78. The van der Waals surface area contributed by atoms with Crippen LogP contribution in [0.1, 0.15) is 33.1 Å². The second kappa shape index (κ2) is 7.34. The molecule has 0 rings (SSSR count). The van der Waals surface area contributed by atoms with Crippen molar-refractivity contribution >= 4 is 0 Å². The molecule has 0 aliphatic rings. The predicted molar refractivity (Wildman–Crippen MR) is 60.1 cm³/mol. The molecular formula is C11H26N2. The van der Waals surface area contributed by atoms with E-state index < -0.39 is 0 Å². The van der Waals surface area contributed by atoms with E-state index in [1.165, 1.54) is 19.3 Å². The van der Waals surface area contributed by atoms with Gasteiger partial charge in [-0.15, -0.1) is 0 Å². The zero-order valence-electron chi connectivity index (χ0n) is 9.93. The molecule has 0 fully saturated rings. The van der Waals surface area contributed by atoms with Crippen LogP contribution in [0.3, 0.4) is 0 Å². The number of rotatable bonds is 7. The van der Waals surface area contributed by atoms with E-state index in [1.807, 2.05) is 7.05 Å². The highest BCUT2D eigenvalue weighted by molar-refractivity contribution is 4.76. The van der Waals surface area contributed by atoms with Crippen LogP contribution in [0.25, 0.3) is 0 Å². The molecule has 13 heavy (non-hydrogen) atoms. The maximum Gasteiger partial charge on any atom is 0.0129 e. The van der Waals surface area contributed by atoms with Gasteiger partial charge in [0.1, 0.15) is 0 Å². The average Bonchev–Trinajstić information content (AvgIpc) is 2.10. The van der Waals surface area contributed by atoms with Gasteiger partial charge in [0.2, 0.25) is 0 Å². The molecule has 0 spiro atoms. The fourth-order valence-electron chi connectivity index (χ4n) is 2.03. The van der Waals surface area contributed by atoms with Crippen LogP contribution in [0.5, 0.6) is 0 Å². The molecule has 0 aromatic heterocycles. The maximum atomic E-state index is 3.29. The van der Waals surface area contributed by atoms with Crippen LogP contribution in [0.4, 0.5) is 0 Å². The van der Waals surface area contributed by atoms with Crippen molar-refractivity contribution in [3.63, 3.8) is 0 Å². The molecule has 0 heterocycles. The van der Waals surface area contributed by atoms with Crippen LogP contribution < -0.4 is 5.32 Å². The summed E-state index contributed by atoms with van der Waals surface area (Å²) in [6, 6.07) is 0.738. The molecule has 2 nitrogen and oxygen atoms in total. The first-order valence-electron chi connectivity index (χ1n) is 5.48. The predicted octanol–water partition coefficient (Wildman–Crippen LogP) is 1.96. The van der Waals surface area contributed by atoms with E-state index in [4.69, 9.17) is 0 Å². The lowest BCUT2D eigenvalue weighted by Crippen LogP contribution is -2.39. The highest BCUT2D eigenvalue weighted by atomic mass is 15.1. The molecule has 2 heteroatoms. The summed E-state index contributed by atoms with van der Waals surface area (Å²) in [6.45, 7) is 5.69. The Morgan fingerprint density at radius 3 is 2.15 bits per heavy atom. The van der Waals surface area contributed by atoms with Gasteiger partial charge < -0.3 is 10.2 Å². The third kappa shape index (κ3) is 4.63. The summed E-state index contributed by atoms with van der Waals surface area (Å²) < 4.78 is 0. The minimum atomic E-state index is 0.738. The SMILES string of the molecule is CCCC(C(CC)CNC)N(C)C. The topological polar surface area (TPSA) is 15.3 Å². The van der Waals surface area contributed by atoms with Crippen LogP contribution in [0.15, 0.2) is 0 Å². The van der Waals surface area contributed by atoms with Gasteiger partial charge in [-0.25, -0.2) is 0 Å². The molecule has 0 aliphatic carbocycles. The Morgan fingerprint density at radius 1 is 1.23 bits per heavy atom. The van der Waals surface area contributed by atoms with E-state index in [9.17, 15) is 0 Å². The van der Waals surface area contributed by atoms with Crippen molar-refractivity contribution in [1.82, 2.24) is 10.2 Å². The number of hydrogen-bond donors (Lipinski definition) is 1. The first-order chi connectivity index (χ1) is 6.17. The van der Waals surface area contributed by atoms with Crippen LogP contribution in [-0.4, -0.2) is 38.6 Å². The van der Waals surface area contributed by atoms with Crippen molar-refractivity contribution < 1.29 is 0 Å². The summed E-state index contributed by atoms with van der Waals surface area (Å²) in [5, 5.41) is 3.29. The molecular weight excluding hydrogens is 160 g/mol. The van der Waals surface area contributed by atoms with Gasteiger partial charge in [-0.2, -0.15) is 0 Å². The van der Waals surface area contributed by atoms with Gasteiger partial charge in [-0.1, -0.05) is 26.7 Å². The highest BCUT2D eigenvalue weighted by Crippen LogP contribution is 2.16. The van der Waals surface area contributed by atoms with Crippen LogP contribution >= 0.6 is 0 Å². The maximum absolute atomic E-state index is 3.29. The first kappa shape index (κ1) is 12.9. The van der Waals surface area contributed by atoms with E-state index in [0.29, 0.717) is 0 Å². The van der Waals surface area contributed by atoms with Crippen molar-refractivity contribution in [2.24, 2.45) is 5.92 Å². The van der Waals surface area contributed by atoms with Crippen molar-refractivity contribution in [1.29, 1.82) is 0 Å². The standard InChI is InChI=1S/C11H26N2/c1-6-8-11(13(4)5)10(7-2)9-12-3/h10-12H,6-9H2,1-5H3. The van der Waals surface area contributed by atoms with Crippen molar-refractivity contribution in [3.05, 3.63) is 0 Å². The third-order valence-electron chi connectivity index (χ3n) is 2.78. The number of hydrogen-bond acceptors (Lipinski definition) is 2. The van der Waals surface area contributed by atoms with Gasteiger partial charge in [0.25, 0.3) is 0 Å². The Bertz CT molecular complexity index is 113. The summed E-state index contributed by atoms with van der Waals surface area (Å²) in [7, 11) is 6.43. The second-order valence-corrected chi connectivity index (χ2v) is 4.05. The van der Waals surface area contributed by atoms with Gasteiger partial charge in [-0.3, -0.25) is 0 Å². The summed E-state index contributed by atoms with van der Waals surface area (Å²) in [4.78, 5) is 2.37. The fraction of sp³-hybridized carbons (Fsp3) is 1.00. The average molecular weight is 186 g/mol. The molecule has 2 atom stereocenters. The molecule has 0 aliphatic heterocycles. The lowest BCUT2D eigenvalue weighted by Gasteiger charge is -2.31. The molecule has 80 valence electrons. The largest absolute Gasteiger partial charge is 0.319 e. The first-order valence-corrected chi connectivity index (χ1v) is 5.48. The normalized spacial score (nSPS) is 16.2. The lowest BCUT2D eigenvalue weighted by molar-refractivity contribution is 0.189. The molecule has 2 unspecified atom stereocenters. The molecule has 0 aromatic carbocycles. The summed E-state index contributed by atoms with van der Waals surface area (Å²) in [5.41, 5.74) is 0. The van der Waals surface area contributed by atoms with Crippen molar-refractivity contribution in [2.75, 3.05) is 27.7 Å². The summed E-state index contributed by atoms with van der Waals surface area (Å²) >= 11 is 0. The van der Waals surface area contributed by atoms with E-state index in [1.54, 1.807) is 0 Å². The van der Waals surface area contributed by atoms with Crippen LogP contribution in [0, 0.1) is 5.92 Å². The molecule has 0 aromatic rings. The molecule has 0 bridgehead atoms. The zero-order chi connectivity index (χ0) is 10.3. The lowest BCUT2D eigenvalue weighted by atomic mass is 9.92. The fourth-order valence-corrected chi connectivity index (χ4v) is 2.03. The van der Waals surface area contributed by atoms with E-state index >= 15 is 0 Å². The van der Waals surface area contributed by atoms with Crippen molar-refractivity contribution in [3.8, 4) is 0 Å². The Kier molecular flexibility index (Phi) is 7.29. The molecule has 1 N–H and O–H groups in total. The monoisotopic (exact) mass is 186 g/mol. The Hall–Kier alpha value is -0.0800. The van der Waals surface area contributed by atoms with Gasteiger partial charge in [-0.05, 0) is 40.0 Å². The van der Waals surface area contributed by atoms with Gasteiger partial charge >= 0.3 is 0 Å². The molecule has 0 saturated heterocycles. The highest BCUT2D eigenvalue weighted by Gasteiger charge is 2.19. The van der Waals surface area contributed by atoms with E-state index in [-0.39, 0.29) is 0 Å². The summed E-state index contributed by atoms with van der Waals surface area (Å²) in [5.74, 6) is 0.792. The Labute approximate surface area is 83.7 Å². The minimum Gasteiger partial charge on any atom is -0.319 e. The van der Waals surface area contributed by atoms with Crippen LogP contribution in [0.2, 0.25) is 0 Å². The van der Waals surface area contributed by atoms with E-state index in [2.05, 4.69) is 38.2 Å². The minimum absolute atomic E-state index is 0.738. The van der Waals surface area contributed by atoms with Crippen molar-refractivity contribution in [2.45, 2.75) is 39.2 Å².